The topological polar surface area (TPSA) is 54.0 Å². The van der Waals surface area contributed by atoms with Gasteiger partial charge in [0.2, 0.25) is 0 Å². The van der Waals surface area contributed by atoms with Gasteiger partial charge in [-0.1, -0.05) is 136 Å². The second-order valence-electron chi connectivity index (χ2n) is 19.1. The van der Waals surface area contributed by atoms with Crippen LogP contribution in [0.1, 0.15) is 75.2 Å². The maximum atomic E-state index is 15.4. The molecule has 0 saturated carbocycles. The van der Waals surface area contributed by atoms with Gasteiger partial charge in [-0.15, -0.1) is 0 Å². The van der Waals surface area contributed by atoms with E-state index in [0.717, 1.165) is 28.2 Å². The van der Waals surface area contributed by atoms with Crippen LogP contribution in [0.25, 0.3) is 0 Å². The molecule has 0 unspecified atom stereocenters. The second-order valence-corrected chi connectivity index (χ2v) is 36.2. The zero-order chi connectivity index (χ0) is 38.7. The van der Waals surface area contributed by atoms with Gasteiger partial charge in [0.15, 0.2) is 25.0 Å². The van der Waals surface area contributed by atoms with E-state index in [4.69, 9.17) is 24.6 Å². The Morgan fingerprint density at radius 3 is 1.59 bits per heavy atom. The first kappa shape index (κ1) is 44.0. The van der Waals surface area contributed by atoms with Gasteiger partial charge in [0, 0.05) is 30.0 Å². The summed E-state index contributed by atoms with van der Waals surface area (Å²) in [5, 5.41) is 1.82. The average Bonchev–Trinajstić information content (AvgIpc) is 3.12. The monoisotopic (exact) mass is 770 g/mol. The van der Waals surface area contributed by atoms with Crippen molar-refractivity contribution < 1.29 is 22.6 Å². The summed E-state index contributed by atoms with van der Waals surface area (Å²) in [4.78, 5) is 0. The zero-order valence-corrected chi connectivity index (χ0v) is 38.7. The van der Waals surface area contributed by atoms with E-state index in [9.17, 15) is 0 Å². The molecule has 51 heavy (non-hydrogen) atoms. The first-order valence-electron chi connectivity index (χ1n) is 18.9. The molecule has 0 bridgehead atoms. The maximum absolute atomic E-state index is 15.4. The second kappa shape index (κ2) is 16.6. The molecule has 0 aliphatic heterocycles. The van der Waals surface area contributed by atoms with Crippen molar-refractivity contribution in [2.75, 3.05) is 19.4 Å². The lowest BCUT2D eigenvalue weighted by molar-refractivity contribution is -0.0784. The molecule has 2 aromatic rings. The molecule has 3 atom stereocenters. The summed E-state index contributed by atoms with van der Waals surface area (Å²) in [5.74, 6) is 0. The normalized spacial score (nSPS) is 20.3. The molecule has 0 saturated heterocycles. The fourth-order valence-electron chi connectivity index (χ4n) is 5.49. The Morgan fingerprint density at radius 1 is 0.686 bits per heavy atom. The van der Waals surface area contributed by atoms with Gasteiger partial charge < -0.3 is 22.6 Å². The smallest absolute Gasteiger partial charge is 0.193 e. The minimum atomic E-state index is -3.09. The van der Waals surface area contributed by atoms with Crippen LogP contribution in [-0.4, -0.2) is 62.6 Å². The highest BCUT2D eigenvalue weighted by atomic mass is 31.2. The van der Waals surface area contributed by atoms with E-state index in [-0.39, 0.29) is 27.3 Å². The fraction of sp³-hybridized carbons (Fsp3) is 0.619. The highest BCUT2D eigenvalue weighted by molar-refractivity contribution is 7.78. The SMILES string of the molecule is C=C1C(CP(=O)(c2ccccc2)c2ccccc2)=CC[C@@H](O[Si](C)(C)C(C)(C)C)[C@@H](OCCCO[Si](C)(C)C(C)(C)C)[C@@H]1O[Si](C)(C)C(C)(C)C. The summed E-state index contributed by atoms with van der Waals surface area (Å²) < 4.78 is 43.6. The molecule has 0 fully saturated rings. The van der Waals surface area contributed by atoms with Crippen LogP contribution in [0.3, 0.4) is 0 Å². The summed E-state index contributed by atoms with van der Waals surface area (Å²) >= 11 is 0. The molecule has 0 amide bonds. The molecular weight excluding hydrogens is 700 g/mol. The van der Waals surface area contributed by atoms with E-state index < -0.39 is 38.2 Å². The predicted octanol–water partition coefficient (Wildman–Crippen LogP) is 11.5. The average molecular weight is 771 g/mol. The van der Waals surface area contributed by atoms with E-state index in [1.54, 1.807) is 0 Å². The van der Waals surface area contributed by atoms with Crippen molar-refractivity contribution in [1.29, 1.82) is 0 Å². The van der Waals surface area contributed by atoms with Crippen LogP contribution in [-0.2, 0) is 22.6 Å². The van der Waals surface area contributed by atoms with Crippen LogP contribution in [0, 0.1) is 0 Å². The molecule has 1 aliphatic rings. The van der Waals surface area contributed by atoms with Crippen LogP contribution < -0.4 is 10.6 Å². The summed E-state index contributed by atoms with van der Waals surface area (Å²) in [6.45, 7) is 40.2. The molecule has 0 spiro atoms. The Kier molecular flexibility index (Phi) is 14.3. The molecule has 0 heterocycles. The molecule has 5 nitrogen and oxygen atoms in total. The number of hydrogen-bond acceptors (Lipinski definition) is 5. The Morgan fingerprint density at radius 2 is 1.14 bits per heavy atom. The number of benzene rings is 2. The molecule has 0 radical (unpaired) electrons. The minimum absolute atomic E-state index is 0.0104. The molecule has 3 rings (SSSR count). The quantitative estimate of drug-likeness (QED) is 0.109. The minimum Gasteiger partial charge on any atom is -0.417 e. The number of hydrogen-bond donors (Lipinski definition) is 0. The predicted molar refractivity (Wildman–Crippen MR) is 228 cm³/mol. The lowest BCUT2D eigenvalue weighted by Gasteiger charge is -2.45. The maximum Gasteiger partial charge on any atom is 0.193 e. The standard InChI is InChI=1S/C42H71O5PSi3/c1-33-34(32-48(43,35-24-19-17-20-25-35)36-26-21-18-22-27-36)28-29-37(46-50(13,14)41(5,6)7)39(38(33)47-51(15,16)42(8,9)10)44-30-23-31-45-49(11,12)40(2,3)4/h17-22,24-28,37-39H,1,23,29-32H2,2-16H3/t37-,38-,39-/m1/s1. The van der Waals surface area contributed by atoms with Gasteiger partial charge in [0.1, 0.15) is 13.2 Å². The van der Waals surface area contributed by atoms with Crippen LogP contribution in [0.15, 0.2) is 84.5 Å². The summed E-state index contributed by atoms with van der Waals surface area (Å²) in [6, 6.07) is 19.9. The van der Waals surface area contributed by atoms with Gasteiger partial charge in [0.05, 0.1) is 12.2 Å². The van der Waals surface area contributed by atoms with E-state index in [2.05, 4.69) is 108 Å². The largest absolute Gasteiger partial charge is 0.417 e. The number of rotatable bonds is 14. The highest BCUT2D eigenvalue weighted by Crippen LogP contribution is 2.49. The van der Waals surface area contributed by atoms with Crippen LogP contribution in [0.4, 0.5) is 0 Å². The van der Waals surface area contributed by atoms with E-state index in [1.807, 2.05) is 60.7 Å². The summed E-state index contributed by atoms with van der Waals surface area (Å²) in [6.07, 6.45) is 2.94. The number of ether oxygens (including phenoxy) is 1. The van der Waals surface area contributed by atoms with Crippen molar-refractivity contribution >= 4 is 42.7 Å². The summed E-state index contributed by atoms with van der Waals surface area (Å²) in [7, 11) is -9.54. The van der Waals surface area contributed by atoms with Crippen molar-refractivity contribution in [3.8, 4) is 0 Å². The molecule has 0 N–H and O–H groups in total. The Hall–Kier alpha value is -1.36. The molecule has 1 aliphatic carbocycles. The Labute approximate surface area is 315 Å². The third-order valence-electron chi connectivity index (χ3n) is 12.1. The Balaban J connectivity index is 2.11. The molecular formula is C42H71O5PSi3. The van der Waals surface area contributed by atoms with Gasteiger partial charge in [-0.2, -0.15) is 0 Å². The van der Waals surface area contributed by atoms with Gasteiger partial charge in [-0.05, 0) is 78.4 Å². The molecule has 286 valence electrons. The molecule has 9 heteroatoms. The highest BCUT2D eigenvalue weighted by Gasteiger charge is 2.48. The van der Waals surface area contributed by atoms with E-state index in [1.165, 1.54) is 0 Å². The molecule has 2 aromatic carbocycles. The van der Waals surface area contributed by atoms with Crippen molar-refractivity contribution in [2.24, 2.45) is 0 Å². The van der Waals surface area contributed by atoms with Crippen molar-refractivity contribution in [3.05, 3.63) is 84.5 Å². The van der Waals surface area contributed by atoms with Crippen molar-refractivity contribution in [1.82, 2.24) is 0 Å². The van der Waals surface area contributed by atoms with Crippen LogP contribution >= 0.6 is 7.14 Å². The van der Waals surface area contributed by atoms with Gasteiger partial charge in [-0.25, -0.2) is 0 Å². The van der Waals surface area contributed by atoms with Crippen molar-refractivity contribution in [3.63, 3.8) is 0 Å². The van der Waals surface area contributed by atoms with E-state index >= 15 is 4.57 Å². The third kappa shape index (κ3) is 10.9. The zero-order valence-electron chi connectivity index (χ0n) is 34.8. The van der Waals surface area contributed by atoms with Gasteiger partial charge >= 0.3 is 0 Å². The Bertz CT molecular complexity index is 1470. The third-order valence-corrected chi connectivity index (χ3v) is 28.7. The van der Waals surface area contributed by atoms with Gasteiger partial charge in [0.25, 0.3) is 0 Å². The lowest BCUT2D eigenvalue weighted by atomic mass is 10.00. The van der Waals surface area contributed by atoms with Crippen LogP contribution in [0.5, 0.6) is 0 Å². The first-order valence-corrected chi connectivity index (χ1v) is 29.5. The van der Waals surface area contributed by atoms with Crippen LogP contribution in [0.2, 0.25) is 54.4 Å². The van der Waals surface area contributed by atoms with Crippen molar-refractivity contribution in [2.45, 2.75) is 148 Å². The fourth-order valence-corrected chi connectivity index (χ4v) is 12.0. The first-order chi connectivity index (χ1) is 23.2. The summed E-state index contributed by atoms with van der Waals surface area (Å²) in [5.41, 5.74) is 1.83. The van der Waals surface area contributed by atoms with E-state index in [0.29, 0.717) is 25.8 Å². The van der Waals surface area contributed by atoms with Gasteiger partial charge in [-0.3, -0.25) is 0 Å². The lowest BCUT2D eigenvalue weighted by Crippen LogP contribution is -2.54. The molecule has 0 aromatic heterocycles.